The molecule has 3 aliphatic heterocycles. The molecule has 12 nitrogen and oxygen atoms in total. The molecular formula is C43H58F3N5O7. The number of alkyl halides is 3. The highest BCUT2D eigenvalue weighted by molar-refractivity contribution is 5.97. The molecule has 1 saturated carbocycles. The number of hydrogen-bond donors (Lipinski definition) is 0. The highest BCUT2D eigenvalue weighted by atomic mass is 19.4. The van der Waals surface area contributed by atoms with E-state index < -0.39 is 34.9 Å². The van der Waals surface area contributed by atoms with Crippen LogP contribution in [0.1, 0.15) is 118 Å². The lowest BCUT2D eigenvalue weighted by atomic mass is 9.83. The zero-order valence-corrected chi connectivity index (χ0v) is 34.7. The van der Waals surface area contributed by atoms with Gasteiger partial charge in [-0.25, -0.2) is 9.59 Å². The molecular weight excluding hydrogens is 755 g/mol. The van der Waals surface area contributed by atoms with Gasteiger partial charge in [0.05, 0.1) is 12.1 Å². The van der Waals surface area contributed by atoms with Gasteiger partial charge in [-0.2, -0.15) is 13.2 Å². The molecule has 6 rings (SSSR count). The summed E-state index contributed by atoms with van der Waals surface area (Å²) in [5.41, 5.74) is -0.509. The Morgan fingerprint density at radius 3 is 1.72 bits per heavy atom. The minimum Gasteiger partial charge on any atom is -0.488 e. The first-order chi connectivity index (χ1) is 27.2. The third kappa shape index (κ3) is 10.9. The molecule has 318 valence electrons. The molecule has 0 aromatic heterocycles. The van der Waals surface area contributed by atoms with Crippen LogP contribution in [0.4, 0.5) is 28.4 Å². The van der Waals surface area contributed by atoms with Gasteiger partial charge in [-0.15, -0.1) is 0 Å². The van der Waals surface area contributed by atoms with Gasteiger partial charge < -0.3 is 38.7 Å². The van der Waals surface area contributed by atoms with Crippen LogP contribution in [0.2, 0.25) is 0 Å². The number of piperazine rings is 2. The van der Waals surface area contributed by atoms with Gasteiger partial charge in [0.2, 0.25) is 0 Å². The number of likely N-dealkylation sites (tertiary alicyclic amines) is 1. The zero-order chi connectivity index (χ0) is 42.0. The van der Waals surface area contributed by atoms with Crippen LogP contribution in [0, 0.1) is 0 Å². The molecule has 0 spiro atoms. The lowest BCUT2D eigenvalue weighted by Gasteiger charge is -2.37. The number of carbonyl (C=O) groups is 4. The molecule has 4 aliphatic rings. The van der Waals surface area contributed by atoms with Crippen molar-refractivity contribution in [2.45, 2.75) is 109 Å². The molecule has 0 N–H and O–H groups in total. The molecule has 1 atom stereocenters. The molecule has 0 radical (unpaired) electrons. The maximum Gasteiger partial charge on any atom is 0.416 e. The number of anilines is 1. The average molecular weight is 814 g/mol. The van der Waals surface area contributed by atoms with Crippen molar-refractivity contribution in [3.05, 3.63) is 58.7 Å². The first-order valence-corrected chi connectivity index (χ1v) is 20.6. The Hall–Kier alpha value is -4.69. The molecule has 15 heteroatoms. The summed E-state index contributed by atoms with van der Waals surface area (Å²) in [5.74, 6) is 0.241. The minimum atomic E-state index is -4.68. The standard InChI is InChI=1S/C43H58F3N5O7/c1-41(2,3)57-39(54)50-22-16-47(17-23-50)33-25-31(24-32(27-33)43(44,45)46)38(53)49-20-18-48(19-21-49)37(52)30-12-13-36(35(26-30)29-10-8-7-9-11-29)56-34-14-15-51(28-34)40(55)58-42(4,5)6/h12-13,24-27,29,34H,7-11,14-23,28H2,1-6H3/t34-/m0/s1. The third-order valence-corrected chi connectivity index (χ3v) is 11.0. The predicted molar refractivity (Wildman–Crippen MR) is 212 cm³/mol. The first kappa shape index (κ1) is 42.9. The van der Waals surface area contributed by atoms with E-state index in [2.05, 4.69) is 0 Å². The summed E-state index contributed by atoms with van der Waals surface area (Å²) in [6.45, 7) is 13.6. The van der Waals surface area contributed by atoms with Gasteiger partial charge in [-0.1, -0.05) is 19.3 Å². The van der Waals surface area contributed by atoms with Crippen LogP contribution < -0.4 is 9.64 Å². The van der Waals surface area contributed by atoms with Gasteiger partial charge in [0.1, 0.15) is 23.1 Å². The van der Waals surface area contributed by atoms with Crippen LogP contribution in [-0.2, 0) is 15.7 Å². The van der Waals surface area contributed by atoms with Gasteiger partial charge >= 0.3 is 18.4 Å². The minimum absolute atomic E-state index is 0.0802. The Morgan fingerprint density at radius 2 is 1.16 bits per heavy atom. The quantitative estimate of drug-likeness (QED) is 0.291. The van der Waals surface area contributed by atoms with E-state index in [4.69, 9.17) is 14.2 Å². The molecule has 58 heavy (non-hydrogen) atoms. The molecule has 2 aromatic carbocycles. The smallest absolute Gasteiger partial charge is 0.416 e. The van der Waals surface area contributed by atoms with Crippen molar-refractivity contribution < 1.29 is 46.6 Å². The molecule has 0 bridgehead atoms. The highest BCUT2D eigenvalue weighted by Crippen LogP contribution is 2.39. The largest absolute Gasteiger partial charge is 0.488 e. The van der Waals surface area contributed by atoms with Gasteiger partial charge in [0.15, 0.2) is 0 Å². The fraction of sp³-hybridized carbons (Fsp3) is 0.628. The number of halogens is 3. The second-order valence-electron chi connectivity index (χ2n) is 17.8. The van der Waals surface area contributed by atoms with Gasteiger partial charge in [-0.05, 0) is 102 Å². The van der Waals surface area contributed by atoms with E-state index in [0.717, 1.165) is 55.5 Å². The molecule has 2 aromatic rings. The fourth-order valence-electron chi connectivity index (χ4n) is 8.05. The molecule has 3 saturated heterocycles. The third-order valence-electron chi connectivity index (χ3n) is 11.0. The summed E-state index contributed by atoms with van der Waals surface area (Å²) in [4.78, 5) is 61.1. The maximum atomic E-state index is 14.1. The van der Waals surface area contributed by atoms with E-state index in [1.54, 1.807) is 41.5 Å². The van der Waals surface area contributed by atoms with Crippen molar-refractivity contribution in [1.82, 2.24) is 19.6 Å². The Bertz CT molecular complexity index is 1820. The summed E-state index contributed by atoms with van der Waals surface area (Å²) in [5, 5.41) is 0. The topological polar surface area (TPSA) is 112 Å². The van der Waals surface area contributed by atoms with Gasteiger partial charge in [0, 0.05) is 82.1 Å². The Labute approximate surface area is 339 Å². The second kappa shape index (κ2) is 17.3. The van der Waals surface area contributed by atoms with E-state index >= 15 is 0 Å². The van der Waals surface area contributed by atoms with Crippen molar-refractivity contribution in [2.75, 3.05) is 70.3 Å². The fourth-order valence-corrected chi connectivity index (χ4v) is 8.05. The monoisotopic (exact) mass is 813 g/mol. The van der Waals surface area contributed by atoms with E-state index in [0.29, 0.717) is 25.1 Å². The van der Waals surface area contributed by atoms with Crippen LogP contribution in [0.5, 0.6) is 5.75 Å². The molecule has 3 heterocycles. The number of ether oxygens (including phenoxy) is 3. The highest BCUT2D eigenvalue weighted by Gasteiger charge is 2.36. The van der Waals surface area contributed by atoms with E-state index in [9.17, 15) is 32.3 Å². The summed E-state index contributed by atoms with van der Waals surface area (Å²) in [6, 6.07) is 8.96. The Balaban J connectivity index is 1.10. The number of carbonyl (C=O) groups excluding carboxylic acids is 4. The summed E-state index contributed by atoms with van der Waals surface area (Å²) in [7, 11) is 0. The van der Waals surface area contributed by atoms with Gasteiger partial charge in [0.25, 0.3) is 11.8 Å². The van der Waals surface area contributed by atoms with E-state index in [1.807, 2.05) is 32.9 Å². The normalized spacial score (nSPS) is 19.9. The SMILES string of the molecule is CC(C)(C)OC(=O)N1CCN(c2cc(C(=O)N3CCN(C(=O)c4ccc(O[C@H]5CCN(C(=O)OC(C)(C)C)C5)c(C5CCCCC5)c4)CC3)cc(C(F)(F)F)c2)CC1. The molecule has 1 aliphatic carbocycles. The summed E-state index contributed by atoms with van der Waals surface area (Å²) >= 11 is 0. The van der Waals surface area contributed by atoms with Crippen LogP contribution in [-0.4, -0.2) is 126 Å². The van der Waals surface area contributed by atoms with Crippen molar-refractivity contribution >= 4 is 29.7 Å². The number of rotatable bonds is 6. The number of nitrogens with zero attached hydrogens (tertiary/aromatic N) is 5. The number of benzene rings is 2. The number of amides is 4. The van der Waals surface area contributed by atoms with Crippen molar-refractivity contribution in [3.63, 3.8) is 0 Å². The average Bonchev–Trinajstić information content (AvgIpc) is 3.65. The number of hydrogen-bond acceptors (Lipinski definition) is 8. The molecule has 0 unspecified atom stereocenters. The van der Waals surface area contributed by atoms with Crippen LogP contribution >= 0.6 is 0 Å². The lowest BCUT2D eigenvalue weighted by Crippen LogP contribution is -2.51. The summed E-state index contributed by atoms with van der Waals surface area (Å²) < 4.78 is 59.9. The first-order valence-electron chi connectivity index (χ1n) is 20.6. The predicted octanol–water partition coefficient (Wildman–Crippen LogP) is 7.80. The Morgan fingerprint density at radius 1 is 0.603 bits per heavy atom. The van der Waals surface area contributed by atoms with Crippen molar-refractivity contribution in [3.8, 4) is 5.75 Å². The summed E-state index contributed by atoms with van der Waals surface area (Å²) in [6.07, 6.45) is 0.269. The molecule has 4 amide bonds. The van der Waals surface area contributed by atoms with E-state index in [-0.39, 0.29) is 87.6 Å². The molecule has 4 fully saturated rings. The van der Waals surface area contributed by atoms with Crippen LogP contribution in [0.15, 0.2) is 36.4 Å². The Kier molecular flexibility index (Phi) is 12.8. The van der Waals surface area contributed by atoms with Gasteiger partial charge in [-0.3, -0.25) is 9.59 Å². The van der Waals surface area contributed by atoms with E-state index in [1.165, 1.54) is 15.9 Å². The van der Waals surface area contributed by atoms with Crippen LogP contribution in [0.25, 0.3) is 0 Å². The lowest BCUT2D eigenvalue weighted by molar-refractivity contribution is -0.137. The van der Waals surface area contributed by atoms with Crippen molar-refractivity contribution in [1.29, 1.82) is 0 Å². The second-order valence-corrected chi connectivity index (χ2v) is 17.8. The van der Waals surface area contributed by atoms with Crippen LogP contribution in [0.3, 0.4) is 0 Å². The zero-order valence-electron chi connectivity index (χ0n) is 34.7. The van der Waals surface area contributed by atoms with Crippen molar-refractivity contribution in [2.24, 2.45) is 0 Å². The maximum absolute atomic E-state index is 14.1.